The summed E-state index contributed by atoms with van der Waals surface area (Å²) in [5.74, 6) is 1.76. The zero-order valence-electron chi connectivity index (χ0n) is 13.2. The molecule has 5 heteroatoms. The highest BCUT2D eigenvalue weighted by Gasteiger charge is 2.36. The number of hydrogen-bond donors (Lipinski definition) is 0. The van der Waals surface area contributed by atoms with Crippen molar-refractivity contribution >= 4 is 11.3 Å². The van der Waals surface area contributed by atoms with Crippen molar-refractivity contribution in [3.8, 4) is 0 Å². The van der Waals surface area contributed by atoms with Gasteiger partial charge in [0.15, 0.2) is 0 Å². The molecule has 0 amide bonds. The highest BCUT2D eigenvalue weighted by molar-refractivity contribution is 7.07. The molecule has 0 bridgehead atoms. The van der Waals surface area contributed by atoms with Crippen LogP contribution in [0.25, 0.3) is 0 Å². The first-order valence-electron chi connectivity index (χ1n) is 8.19. The summed E-state index contributed by atoms with van der Waals surface area (Å²) in [6.07, 6.45) is 5.50. The number of aryl methyl sites for hydroxylation is 1. The first-order chi connectivity index (χ1) is 10.8. The molecule has 0 aromatic carbocycles. The van der Waals surface area contributed by atoms with Crippen LogP contribution in [0.3, 0.4) is 0 Å². The largest absolute Gasteiger partial charge is 0.299 e. The number of thiophene rings is 1. The summed E-state index contributed by atoms with van der Waals surface area (Å²) in [6.45, 7) is 7.24. The second kappa shape index (κ2) is 6.14. The Morgan fingerprint density at radius 1 is 1.14 bits per heavy atom. The molecule has 2 aliphatic rings. The summed E-state index contributed by atoms with van der Waals surface area (Å²) < 4.78 is 1.90. The van der Waals surface area contributed by atoms with E-state index in [1.807, 2.05) is 29.3 Å². The van der Waals surface area contributed by atoms with Gasteiger partial charge in [-0.05, 0) is 47.2 Å². The van der Waals surface area contributed by atoms with Gasteiger partial charge in [0, 0.05) is 51.5 Å². The summed E-state index contributed by atoms with van der Waals surface area (Å²) in [5, 5.41) is 8.76. The van der Waals surface area contributed by atoms with E-state index in [4.69, 9.17) is 0 Å². The molecule has 0 N–H and O–H groups in total. The van der Waals surface area contributed by atoms with Gasteiger partial charge in [-0.2, -0.15) is 16.4 Å². The topological polar surface area (TPSA) is 24.3 Å². The van der Waals surface area contributed by atoms with Gasteiger partial charge in [-0.15, -0.1) is 0 Å². The number of fused-ring (bicyclic) bond motifs is 1. The lowest BCUT2D eigenvalue weighted by Gasteiger charge is -2.34. The van der Waals surface area contributed by atoms with E-state index in [0.717, 1.165) is 24.9 Å². The van der Waals surface area contributed by atoms with Crippen molar-refractivity contribution in [3.63, 3.8) is 0 Å². The molecule has 0 unspecified atom stereocenters. The molecule has 2 aromatic rings. The smallest absolute Gasteiger partial charge is 0.0534 e. The summed E-state index contributed by atoms with van der Waals surface area (Å²) in [5.41, 5.74) is 2.82. The third kappa shape index (κ3) is 3.12. The van der Waals surface area contributed by atoms with Crippen LogP contribution in [0.5, 0.6) is 0 Å². The fraction of sp³-hybridized carbons (Fsp3) is 0.588. The van der Waals surface area contributed by atoms with Gasteiger partial charge in [-0.25, -0.2) is 0 Å². The van der Waals surface area contributed by atoms with Crippen LogP contribution in [-0.2, 0) is 20.1 Å². The Hall–Kier alpha value is -1.17. The second-order valence-electron chi connectivity index (χ2n) is 6.89. The molecule has 0 radical (unpaired) electrons. The Morgan fingerprint density at radius 3 is 2.73 bits per heavy atom. The van der Waals surface area contributed by atoms with Crippen LogP contribution in [0.1, 0.15) is 17.5 Å². The van der Waals surface area contributed by atoms with E-state index in [2.05, 4.69) is 37.9 Å². The molecular formula is C17H24N4S. The van der Waals surface area contributed by atoms with Crippen molar-refractivity contribution < 1.29 is 0 Å². The molecular weight excluding hydrogens is 292 g/mol. The average molecular weight is 316 g/mol. The molecule has 2 saturated heterocycles. The Bertz CT molecular complexity index is 606. The van der Waals surface area contributed by atoms with Gasteiger partial charge in [0.2, 0.25) is 0 Å². The lowest BCUT2D eigenvalue weighted by atomic mass is 9.88. The van der Waals surface area contributed by atoms with Crippen molar-refractivity contribution in [3.05, 3.63) is 40.3 Å². The minimum Gasteiger partial charge on any atom is -0.299 e. The number of nitrogens with zero attached hydrogens (tertiary/aromatic N) is 4. The highest BCUT2D eigenvalue weighted by Crippen LogP contribution is 2.32. The Labute approximate surface area is 136 Å². The highest BCUT2D eigenvalue weighted by atomic mass is 32.1. The Morgan fingerprint density at radius 2 is 1.95 bits per heavy atom. The fourth-order valence-electron chi connectivity index (χ4n) is 4.07. The third-order valence-corrected chi connectivity index (χ3v) is 5.84. The van der Waals surface area contributed by atoms with Crippen molar-refractivity contribution in [1.29, 1.82) is 0 Å². The minimum absolute atomic E-state index is 0.851. The van der Waals surface area contributed by atoms with Gasteiger partial charge in [0.05, 0.1) is 6.20 Å². The quantitative estimate of drug-likeness (QED) is 0.866. The maximum atomic E-state index is 4.29. The van der Waals surface area contributed by atoms with Gasteiger partial charge in [-0.3, -0.25) is 14.5 Å². The van der Waals surface area contributed by atoms with E-state index in [-0.39, 0.29) is 0 Å². The summed E-state index contributed by atoms with van der Waals surface area (Å²) in [7, 11) is 2.00. The first-order valence-corrected chi connectivity index (χ1v) is 9.14. The van der Waals surface area contributed by atoms with Gasteiger partial charge in [0.1, 0.15) is 0 Å². The Kier molecular flexibility index (Phi) is 4.03. The summed E-state index contributed by atoms with van der Waals surface area (Å²) in [4.78, 5) is 5.28. The molecule has 118 valence electrons. The van der Waals surface area contributed by atoms with Gasteiger partial charge in [-0.1, -0.05) is 0 Å². The maximum Gasteiger partial charge on any atom is 0.0534 e. The van der Waals surface area contributed by atoms with E-state index >= 15 is 0 Å². The fourth-order valence-corrected chi connectivity index (χ4v) is 4.73. The molecule has 2 atom stereocenters. The van der Waals surface area contributed by atoms with Crippen molar-refractivity contribution in [2.75, 3.05) is 26.2 Å². The molecule has 2 aliphatic heterocycles. The lowest BCUT2D eigenvalue weighted by molar-refractivity contribution is 0.142. The molecule has 0 saturated carbocycles. The normalized spacial score (nSPS) is 26.4. The van der Waals surface area contributed by atoms with Gasteiger partial charge >= 0.3 is 0 Å². The molecule has 4 nitrogen and oxygen atoms in total. The van der Waals surface area contributed by atoms with Crippen LogP contribution in [0, 0.1) is 11.8 Å². The van der Waals surface area contributed by atoms with Crippen LogP contribution in [0.15, 0.2) is 29.2 Å². The number of piperidine rings is 1. The average Bonchev–Trinajstić information content (AvgIpc) is 3.20. The molecule has 0 aliphatic carbocycles. The van der Waals surface area contributed by atoms with Crippen molar-refractivity contribution in [1.82, 2.24) is 19.6 Å². The van der Waals surface area contributed by atoms with Crippen LogP contribution in [0.4, 0.5) is 0 Å². The number of aromatic nitrogens is 2. The monoisotopic (exact) mass is 316 g/mol. The van der Waals surface area contributed by atoms with Gasteiger partial charge in [0.25, 0.3) is 0 Å². The van der Waals surface area contributed by atoms with E-state index in [0.29, 0.717) is 0 Å². The maximum absolute atomic E-state index is 4.29. The number of hydrogen-bond acceptors (Lipinski definition) is 4. The number of likely N-dealkylation sites (tertiary alicyclic amines) is 2. The predicted molar refractivity (Wildman–Crippen MR) is 89.7 cm³/mol. The number of rotatable bonds is 4. The predicted octanol–water partition coefficient (Wildman–Crippen LogP) is 2.44. The van der Waals surface area contributed by atoms with Crippen LogP contribution in [0.2, 0.25) is 0 Å². The van der Waals surface area contributed by atoms with Crippen LogP contribution in [-0.4, -0.2) is 45.8 Å². The first kappa shape index (κ1) is 14.4. The molecule has 4 rings (SSSR count). The molecule has 2 fully saturated rings. The van der Waals surface area contributed by atoms with Crippen molar-refractivity contribution in [2.45, 2.75) is 19.5 Å². The van der Waals surface area contributed by atoms with E-state index < -0.39 is 0 Å². The standard InChI is InChI=1S/C17H24N4S/c1-19-7-15(6-18-19)9-20-4-2-16-10-21(12-17(16)11-20)8-14-3-5-22-13-14/h3,5-7,13,16-17H,2,4,8-12H2,1H3/t16-,17+/m1/s1. The van der Waals surface area contributed by atoms with E-state index in [1.165, 1.54) is 43.7 Å². The molecule has 2 aromatic heterocycles. The third-order valence-electron chi connectivity index (χ3n) is 5.11. The zero-order valence-corrected chi connectivity index (χ0v) is 14.0. The van der Waals surface area contributed by atoms with Gasteiger partial charge < -0.3 is 0 Å². The molecule has 0 spiro atoms. The summed E-state index contributed by atoms with van der Waals surface area (Å²) in [6, 6.07) is 2.27. The second-order valence-corrected chi connectivity index (χ2v) is 7.67. The van der Waals surface area contributed by atoms with Crippen LogP contribution < -0.4 is 0 Å². The lowest BCUT2D eigenvalue weighted by Crippen LogP contribution is -2.39. The molecule has 4 heterocycles. The summed E-state index contributed by atoms with van der Waals surface area (Å²) >= 11 is 1.81. The molecule has 22 heavy (non-hydrogen) atoms. The zero-order chi connectivity index (χ0) is 14.9. The van der Waals surface area contributed by atoms with Crippen molar-refractivity contribution in [2.24, 2.45) is 18.9 Å². The SMILES string of the molecule is Cn1cc(CN2CC[C@@H]3CN(Cc4ccsc4)C[C@@H]3C2)cn1. The Balaban J connectivity index is 1.33. The van der Waals surface area contributed by atoms with E-state index in [9.17, 15) is 0 Å². The van der Waals surface area contributed by atoms with E-state index in [1.54, 1.807) is 0 Å². The minimum atomic E-state index is 0.851. The van der Waals surface area contributed by atoms with Crippen LogP contribution >= 0.6 is 11.3 Å².